The van der Waals surface area contributed by atoms with Gasteiger partial charge in [-0.2, -0.15) is 0 Å². The van der Waals surface area contributed by atoms with Crippen LogP contribution in [0.2, 0.25) is 0 Å². The van der Waals surface area contributed by atoms with E-state index in [0.717, 1.165) is 251 Å². The SMILES string of the molecule is Cc1c(COc2cccc(-c3cccc(-c4cc(-c5cccc(-c6cccnc6)c5)cc(-c5cccc(-c6cccnc6)c5)c4)c3)c2)c(C)c(COc2cccc(-c3cccc(-c4cc(-c5cccc(-c6cccnc6)c5)cc(-c5cccc(-c6cccnc6)c5)c4)c3)c2)c(C)c1COc1cccc(-c2cccc(-c3cc(-c4cccc(-c5cccnc5)c4)cc(-c4cccc(-c5cccnc5)c4)c3)c2)c1. The lowest BCUT2D eigenvalue weighted by Gasteiger charge is -2.23. The molecule has 0 unspecified atom stereocenters. The van der Waals surface area contributed by atoms with Crippen molar-refractivity contribution in [3.05, 3.63) is 526 Å². The molecule has 0 aliphatic carbocycles. The summed E-state index contributed by atoms with van der Waals surface area (Å²) in [6.07, 6.45) is 22.4. The van der Waals surface area contributed by atoms with E-state index in [-0.39, 0.29) is 0 Å². The maximum atomic E-state index is 7.13. The quantitative estimate of drug-likeness (QED) is 0.0498. The van der Waals surface area contributed by atoms with Crippen LogP contribution in [0.15, 0.2) is 493 Å². The number of hydrogen-bond acceptors (Lipinski definition) is 9. The Morgan fingerprint density at radius 1 is 0.135 bits per heavy atom. The number of aromatic nitrogens is 6. The highest BCUT2D eigenvalue weighted by Gasteiger charge is 2.23. The monoisotopic (exact) mass is 1810 g/mol. The number of pyridine rings is 6. The van der Waals surface area contributed by atoms with Crippen LogP contribution in [0.25, 0.3) is 200 Å². The minimum Gasteiger partial charge on any atom is -0.489 e. The van der Waals surface area contributed by atoms with Gasteiger partial charge >= 0.3 is 0 Å². The summed E-state index contributed by atoms with van der Waals surface area (Å²) in [5, 5.41) is 0. The van der Waals surface area contributed by atoms with Gasteiger partial charge in [0.25, 0.3) is 0 Å². The first-order valence-corrected chi connectivity index (χ1v) is 47.7. The van der Waals surface area contributed by atoms with Gasteiger partial charge in [0.1, 0.15) is 37.1 Å². The molecule has 0 aliphatic heterocycles. The Kier molecular flexibility index (Phi) is 25.2. The highest BCUT2D eigenvalue weighted by molar-refractivity contribution is 5.91. The molecule has 6 aromatic heterocycles. The van der Waals surface area contributed by atoms with Crippen LogP contribution in [0.4, 0.5) is 0 Å². The average molecular weight is 1810 g/mol. The number of benzene rings is 16. The molecule has 6 heterocycles. The third-order valence-electron chi connectivity index (χ3n) is 26.9. The van der Waals surface area contributed by atoms with Gasteiger partial charge in [-0.15, -0.1) is 0 Å². The fourth-order valence-corrected chi connectivity index (χ4v) is 19.3. The van der Waals surface area contributed by atoms with Crippen LogP contribution in [-0.4, -0.2) is 29.9 Å². The molecule has 0 aliphatic rings. The lowest BCUT2D eigenvalue weighted by Crippen LogP contribution is -2.13. The van der Waals surface area contributed by atoms with Crippen molar-refractivity contribution in [2.45, 2.75) is 40.6 Å². The molecule has 22 aromatic rings. The summed E-state index contributed by atoms with van der Waals surface area (Å²) in [6.45, 7) is 7.52. The smallest absolute Gasteiger partial charge is 0.120 e. The number of nitrogens with zero attached hydrogens (tertiary/aromatic N) is 6. The molecule has 0 atom stereocenters. The Labute approximate surface area is 822 Å². The van der Waals surface area contributed by atoms with Crippen molar-refractivity contribution in [1.82, 2.24) is 29.9 Å². The normalized spacial score (nSPS) is 11.2. The van der Waals surface area contributed by atoms with E-state index in [1.165, 1.54) is 0 Å². The van der Waals surface area contributed by atoms with Crippen molar-refractivity contribution in [3.8, 4) is 218 Å². The zero-order valence-electron chi connectivity index (χ0n) is 78.3. The standard InChI is InChI=1S/C132H96N6O3/c1-88-130(85-139-127-49-13-40-109(76-127)91-22-4-31-100(58-91)118-67-121(103-34-7-25-94(61-103)112-43-16-52-133-79-112)73-122(68-118)104-35-8-26-95(62-104)113-44-17-53-134-80-113)89(2)132(87-141-129-51-15-42-111(78-129)93-24-6-33-102(60-93)120-71-125(107-38-11-29-98(65-107)116-47-20-56-137-83-116)75-126(72-120)108-39-12-30-99(66-108)117-48-21-57-138-84-117)90(3)131(88)86-140-128-50-14-41-110(77-128)92-23-5-32-101(59-92)119-69-123(105-36-9-27-96(63-105)114-45-18-54-135-81-114)74-124(70-119)106-37-10-28-97(64-106)115-46-19-55-136-82-115/h4-84H,85-87H2,1-3H3. The minimum absolute atomic E-state index is 0.290. The molecule has 9 heteroatoms. The second-order valence-corrected chi connectivity index (χ2v) is 35.8. The predicted molar refractivity (Wildman–Crippen MR) is 578 cm³/mol. The van der Waals surface area contributed by atoms with E-state index in [2.05, 4.69) is 433 Å². The molecule has 22 rings (SSSR count). The second-order valence-electron chi connectivity index (χ2n) is 35.8. The molecule has 9 nitrogen and oxygen atoms in total. The minimum atomic E-state index is 0.290. The maximum absolute atomic E-state index is 7.13. The van der Waals surface area contributed by atoms with E-state index in [0.29, 0.717) is 19.8 Å². The third-order valence-corrected chi connectivity index (χ3v) is 26.9. The number of ether oxygens (including phenoxy) is 3. The summed E-state index contributed by atoms with van der Waals surface area (Å²) in [7, 11) is 0. The van der Waals surface area contributed by atoms with Gasteiger partial charge in [-0.25, -0.2) is 0 Å². The molecule has 0 saturated heterocycles. The molecule has 0 N–H and O–H groups in total. The highest BCUT2D eigenvalue weighted by Crippen LogP contribution is 2.45. The van der Waals surface area contributed by atoms with Crippen LogP contribution >= 0.6 is 0 Å². The fraction of sp³-hybridized carbons (Fsp3) is 0.0455. The van der Waals surface area contributed by atoms with Crippen molar-refractivity contribution in [1.29, 1.82) is 0 Å². The Morgan fingerprint density at radius 2 is 0.255 bits per heavy atom. The lowest BCUT2D eigenvalue weighted by atomic mass is 9.89. The topological polar surface area (TPSA) is 105 Å². The molecule has 0 fully saturated rings. The Balaban J connectivity index is 0.582. The maximum Gasteiger partial charge on any atom is 0.120 e. The summed E-state index contributed by atoms with van der Waals surface area (Å²) in [6, 6.07) is 150. The first-order valence-electron chi connectivity index (χ1n) is 47.7. The van der Waals surface area contributed by atoms with Crippen LogP contribution in [0.3, 0.4) is 0 Å². The fourth-order valence-electron chi connectivity index (χ4n) is 19.3. The summed E-state index contributed by atoms with van der Waals surface area (Å²) >= 11 is 0. The Morgan fingerprint density at radius 3 is 0.404 bits per heavy atom. The molecular formula is C132H96N6O3. The van der Waals surface area contributed by atoms with E-state index < -0.39 is 0 Å². The molecule has 0 spiro atoms. The average Bonchev–Trinajstić information content (AvgIpc) is 1.56. The van der Waals surface area contributed by atoms with Crippen LogP contribution < -0.4 is 14.2 Å². The molecule has 16 aromatic carbocycles. The zero-order valence-corrected chi connectivity index (χ0v) is 78.3. The van der Waals surface area contributed by atoms with Crippen LogP contribution in [0, 0.1) is 20.8 Å². The molecule has 0 saturated carbocycles. The summed E-state index contributed by atoms with van der Waals surface area (Å²) in [5.74, 6) is 2.25. The summed E-state index contributed by atoms with van der Waals surface area (Å²) in [5.41, 5.74) is 45.6. The van der Waals surface area contributed by atoms with Crippen molar-refractivity contribution >= 4 is 0 Å². The first-order chi connectivity index (χ1) is 69.5. The van der Waals surface area contributed by atoms with E-state index in [1.807, 2.05) is 111 Å². The molecule has 672 valence electrons. The van der Waals surface area contributed by atoms with Gasteiger partial charge in [0.2, 0.25) is 0 Å². The van der Waals surface area contributed by atoms with Gasteiger partial charge in [-0.05, 0) is 403 Å². The summed E-state index contributed by atoms with van der Waals surface area (Å²) in [4.78, 5) is 26.8. The second kappa shape index (κ2) is 40.4. The molecule has 0 amide bonds. The highest BCUT2D eigenvalue weighted by atomic mass is 16.5. The van der Waals surface area contributed by atoms with Crippen molar-refractivity contribution < 1.29 is 14.2 Å². The van der Waals surface area contributed by atoms with Crippen molar-refractivity contribution in [2.24, 2.45) is 0 Å². The predicted octanol–water partition coefficient (Wildman–Crippen LogP) is 33.7. The Bertz CT molecular complexity index is 7220. The van der Waals surface area contributed by atoms with Crippen LogP contribution in [-0.2, 0) is 19.8 Å². The van der Waals surface area contributed by atoms with Crippen LogP contribution in [0.5, 0.6) is 17.2 Å². The van der Waals surface area contributed by atoms with Crippen molar-refractivity contribution in [2.75, 3.05) is 0 Å². The number of hydrogen-bond donors (Lipinski definition) is 0. The third kappa shape index (κ3) is 19.9. The van der Waals surface area contributed by atoms with E-state index in [1.54, 1.807) is 0 Å². The van der Waals surface area contributed by atoms with E-state index in [4.69, 9.17) is 14.2 Å². The van der Waals surface area contributed by atoms with Gasteiger partial charge in [0, 0.05) is 108 Å². The summed E-state index contributed by atoms with van der Waals surface area (Å²) < 4.78 is 21.4. The number of rotatable bonds is 27. The van der Waals surface area contributed by atoms with Crippen molar-refractivity contribution in [3.63, 3.8) is 0 Å². The van der Waals surface area contributed by atoms with Gasteiger partial charge < -0.3 is 14.2 Å². The molecule has 0 radical (unpaired) electrons. The van der Waals surface area contributed by atoms with Gasteiger partial charge in [-0.3, -0.25) is 29.9 Å². The van der Waals surface area contributed by atoms with E-state index in [9.17, 15) is 0 Å². The molecular weight excluding hydrogens is 1720 g/mol. The largest absolute Gasteiger partial charge is 0.489 e. The van der Waals surface area contributed by atoms with Gasteiger partial charge in [-0.1, -0.05) is 237 Å². The lowest BCUT2D eigenvalue weighted by molar-refractivity contribution is 0.290. The van der Waals surface area contributed by atoms with E-state index >= 15 is 0 Å². The van der Waals surface area contributed by atoms with Crippen LogP contribution in [0.1, 0.15) is 33.4 Å². The van der Waals surface area contributed by atoms with Gasteiger partial charge in [0.15, 0.2) is 0 Å². The Hall–Kier alpha value is -18.2. The zero-order chi connectivity index (χ0) is 94.7. The van der Waals surface area contributed by atoms with Gasteiger partial charge in [0.05, 0.1) is 0 Å². The first kappa shape index (κ1) is 88.1. The molecule has 0 bridgehead atoms. The molecule has 141 heavy (non-hydrogen) atoms.